The van der Waals surface area contributed by atoms with Crippen molar-refractivity contribution >= 4 is 35.5 Å². The van der Waals surface area contributed by atoms with Crippen molar-refractivity contribution in [2.45, 2.75) is 45.0 Å². The van der Waals surface area contributed by atoms with E-state index in [0.29, 0.717) is 5.69 Å². The topological polar surface area (TPSA) is 151 Å². The van der Waals surface area contributed by atoms with Crippen LogP contribution in [0.4, 0.5) is 11.4 Å². The van der Waals surface area contributed by atoms with Crippen LogP contribution in [0.2, 0.25) is 0 Å². The highest BCUT2D eigenvalue weighted by Crippen LogP contribution is 2.58. The van der Waals surface area contributed by atoms with Crippen molar-refractivity contribution in [3.05, 3.63) is 29.5 Å². The number of benzene rings is 1. The fourth-order valence-corrected chi connectivity index (χ4v) is 5.49. The van der Waals surface area contributed by atoms with Gasteiger partial charge in [0.1, 0.15) is 0 Å². The number of nitrogens with one attached hydrogen (secondary N) is 1. The third kappa shape index (κ3) is 4.83. The molecule has 1 aliphatic rings. The molecule has 1 atom stereocenters. The van der Waals surface area contributed by atoms with Gasteiger partial charge in [-0.05, 0) is 51.6 Å². The predicted molar refractivity (Wildman–Crippen MR) is 101 cm³/mol. The number of nitrogens with two attached hydrogens (primary N) is 2. The van der Waals surface area contributed by atoms with Gasteiger partial charge in [-0.1, -0.05) is 0 Å². The highest BCUT2D eigenvalue weighted by Gasteiger charge is 2.47. The SMILES string of the molecule is CC(C)OP(=O)(OC(C)C)C1=NN(c2ccc([NH+]([O-])O)cc2)C(N)(N)S1. The quantitative estimate of drug-likeness (QED) is 0.300. The minimum Gasteiger partial charge on any atom is -0.595 e. The molecular formula is C14H24N5O5PS. The average molecular weight is 405 g/mol. The number of hydrazone groups is 1. The Bertz CT molecular complexity index is 696. The lowest BCUT2D eigenvalue weighted by molar-refractivity contribution is -0.991. The molecule has 1 aromatic carbocycles. The molecule has 10 nitrogen and oxygen atoms in total. The van der Waals surface area contributed by atoms with Crippen molar-refractivity contribution in [1.29, 1.82) is 0 Å². The van der Waals surface area contributed by atoms with Gasteiger partial charge in [-0.25, -0.2) is 10.2 Å². The molecule has 0 amide bonds. The number of anilines is 1. The summed E-state index contributed by atoms with van der Waals surface area (Å²) in [6.07, 6.45) is -0.728. The molecular weight excluding hydrogens is 381 g/mol. The lowest BCUT2D eigenvalue weighted by Crippen LogP contribution is -2.99. The Hall–Kier alpha value is -1.01. The van der Waals surface area contributed by atoms with Crippen LogP contribution >= 0.6 is 19.4 Å². The summed E-state index contributed by atoms with van der Waals surface area (Å²) in [5.41, 5.74) is 12.8. The molecule has 26 heavy (non-hydrogen) atoms. The molecule has 0 spiro atoms. The first-order valence-corrected chi connectivity index (χ1v) is 10.3. The Morgan fingerprint density at radius 3 is 2.15 bits per heavy atom. The van der Waals surface area contributed by atoms with Gasteiger partial charge in [0.25, 0.3) is 0 Å². The minimum absolute atomic E-state index is 0.0483. The molecule has 6 N–H and O–H groups in total. The van der Waals surface area contributed by atoms with Crippen molar-refractivity contribution in [3.8, 4) is 0 Å². The van der Waals surface area contributed by atoms with Crippen LogP contribution in [-0.4, -0.2) is 27.3 Å². The fourth-order valence-electron chi connectivity index (χ4n) is 2.16. The molecule has 2 rings (SSSR count). The first-order chi connectivity index (χ1) is 11.9. The van der Waals surface area contributed by atoms with E-state index >= 15 is 0 Å². The van der Waals surface area contributed by atoms with Crippen molar-refractivity contribution in [3.63, 3.8) is 0 Å². The van der Waals surface area contributed by atoms with Crippen LogP contribution in [-0.2, 0) is 13.6 Å². The Labute approximate surface area is 156 Å². The molecule has 1 aliphatic heterocycles. The van der Waals surface area contributed by atoms with Crippen LogP contribution in [0.5, 0.6) is 0 Å². The van der Waals surface area contributed by atoms with Gasteiger partial charge in [0.15, 0.2) is 5.69 Å². The normalized spacial score (nSPS) is 18.5. The maximum Gasteiger partial charge on any atom is 0.388 e. The van der Waals surface area contributed by atoms with Crippen LogP contribution in [0, 0.1) is 5.21 Å². The third-order valence-electron chi connectivity index (χ3n) is 3.06. The van der Waals surface area contributed by atoms with E-state index in [1.807, 2.05) is 0 Å². The van der Waals surface area contributed by atoms with E-state index in [4.69, 9.17) is 25.7 Å². The third-order valence-corrected chi connectivity index (χ3v) is 6.73. The molecule has 0 fully saturated rings. The fraction of sp³-hybridized carbons (Fsp3) is 0.500. The molecule has 0 bridgehead atoms. The highest BCUT2D eigenvalue weighted by molar-refractivity contribution is 8.26. The summed E-state index contributed by atoms with van der Waals surface area (Å²) < 4.78 is 24.3. The smallest absolute Gasteiger partial charge is 0.388 e. The van der Waals surface area contributed by atoms with Gasteiger partial charge in [0.05, 0.1) is 17.9 Å². The summed E-state index contributed by atoms with van der Waals surface area (Å²) in [5.74, 6) is 0. The lowest BCUT2D eigenvalue weighted by Gasteiger charge is -2.28. The van der Waals surface area contributed by atoms with Crippen LogP contribution in [0.15, 0.2) is 29.4 Å². The first kappa shape index (κ1) is 21.3. The van der Waals surface area contributed by atoms with E-state index in [0.717, 1.165) is 11.8 Å². The average Bonchev–Trinajstić information content (AvgIpc) is 2.82. The first-order valence-electron chi connectivity index (χ1n) is 7.91. The summed E-state index contributed by atoms with van der Waals surface area (Å²) in [6.45, 7) is 6.93. The van der Waals surface area contributed by atoms with E-state index in [9.17, 15) is 9.77 Å². The van der Waals surface area contributed by atoms with Crippen LogP contribution in [0.3, 0.4) is 0 Å². The molecule has 1 heterocycles. The second-order valence-electron chi connectivity index (χ2n) is 6.21. The molecule has 0 aliphatic carbocycles. The van der Waals surface area contributed by atoms with E-state index in [1.165, 1.54) is 29.3 Å². The van der Waals surface area contributed by atoms with Crippen molar-refractivity contribution < 1.29 is 24.0 Å². The minimum atomic E-state index is -3.72. The number of thioether (sulfide) groups is 1. The molecule has 146 valence electrons. The van der Waals surface area contributed by atoms with Gasteiger partial charge in [0, 0.05) is 12.1 Å². The van der Waals surface area contributed by atoms with Crippen LogP contribution in [0.25, 0.3) is 0 Å². The van der Waals surface area contributed by atoms with Crippen molar-refractivity contribution in [2.24, 2.45) is 16.6 Å². The maximum absolute atomic E-state index is 13.2. The van der Waals surface area contributed by atoms with Gasteiger partial charge in [-0.15, -0.1) is 0 Å². The summed E-state index contributed by atoms with van der Waals surface area (Å²) in [5, 5.41) is 22.9. The molecule has 0 radical (unpaired) electrons. The summed E-state index contributed by atoms with van der Waals surface area (Å²) in [6, 6.07) is 5.84. The predicted octanol–water partition coefficient (Wildman–Crippen LogP) is 1.49. The van der Waals surface area contributed by atoms with E-state index in [-0.39, 0.29) is 22.7 Å². The van der Waals surface area contributed by atoms with Crippen LogP contribution in [0.1, 0.15) is 27.7 Å². The molecule has 1 unspecified atom stereocenters. The Kier molecular flexibility index (Phi) is 6.49. The molecule has 0 saturated carbocycles. The van der Waals surface area contributed by atoms with Gasteiger partial charge in [-0.3, -0.25) is 16.0 Å². The maximum atomic E-state index is 13.2. The molecule has 0 aromatic heterocycles. The highest BCUT2D eigenvalue weighted by atomic mass is 32.2. The van der Waals surface area contributed by atoms with Crippen LogP contribution < -0.4 is 21.7 Å². The van der Waals surface area contributed by atoms with Crippen molar-refractivity contribution in [2.75, 3.05) is 5.01 Å². The summed E-state index contributed by atoms with van der Waals surface area (Å²) in [4.78, 5) is 0.0483. The molecule has 1 aromatic rings. The second kappa shape index (κ2) is 7.93. The monoisotopic (exact) mass is 405 g/mol. The van der Waals surface area contributed by atoms with Crippen molar-refractivity contribution in [1.82, 2.24) is 0 Å². The van der Waals surface area contributed by atoms with E-state index in [2.05, 4.69) is 5.10 Å². The second-order valence-corrected chi connectivity index (χ2v) is 9.59. The number of rotatable bonds is 7. The number of hydrogen-bond donors (Lipinski definition) is 4. The zero-order valence-electron chi connectivity index (χ0n) is 14.9. The molecule has 0 saturated heterocycles. The lowest BCUT2D eigenvalue weighted by atomic mass is 10.3. The van der Waals surface area contributed by atoms with Gasteiger partial charge in [-0.2, -0.15) is 10.3 Å². The Balaban J connectivity index is 2.38. The zero-order chi connectivity index (χ0) is 19.7. The van der Waals surface area contributed by atoms with Gasteiger partial charge in [0.2, 0.25) is 9.90 Å². The number of quaternary nitrogens is 1. The number of nitrogens with zero attached hydrogens (tertiary/aromatic N) is 2. The Morgan fingerprint density at radius 1 is 1.23 bits per heavy atom. The summed E-state index contributed by atoms with van der Waals surface area (Å²) in [7, 11) is -3.72. The van der Waals surface area contributed by atoms with E-state index in [1.54, 1.807) is 27.7 Å². The number of hydrogen-bond acceptors (Lipinski definition) is 10. The Morgan fingerprint density at radius 2 is 1.73 bits per heavy atom. The van der Waals surface area contributed by atoms with Gasteiger partial charge >= 0.3 is 7.60 Å². The standard InChI is InChI=1S/C14H24N5O5PS/c1-9(2)23-25(22,24-10(3)4)13-17-18(14(15,16)26-13)11-5-7-12(8-6-11)19(20)21/h5-10,19-20H,15-16H2,1-4H3. The zero-order valence-corrected chi connectivity index (χ0v) is 16.7. The van der Waals surface area contributed by atoms with E-state index < -0.39 is 17.9 Å². The molecule has 12 heteroatoms. The van der Waals surface area contributed by atoms with Gasteiger partial charge < -0.3 is 14.3 Å². The largest absolute Gasteiger partial charge is 0.595 e. The summed E-state index contributed by atoms with van der Waals surface area (Å²) >= 11 is 0.874.